The maximum Gasteiger partial charge on any atom is 0.298 e. The molecule has 0 unspecified atom stereocenters. The van der Waals surface area contributed by atoms with Crippen LogP contribution in [0.1, 0.15) is 18.1 Å². The van der Waals surface area contributed by atoms with Gasteiger partial charge in [-0.1, -0.05) is 65.9 Å². The molecular weight excluding hydrogens is 474 g/mol. The van der Waals surface area contributed by atoms with Crippen molar-refractivity contribution in [1.29, 1.82) is 0 Å². The maximum atomic E-state index is 13.5. The lowest BCUT2D eigenvalue weighted by Gasteiger charge is -2.13. The smallest absolute Gasteiger partial charge is 0.298 e. The van der Waals surface area contributed by atoms with Gasteiger partial charge in [0, 0.05) is 5.39 Å². The molecule has 5 aromatic rings. The summed E-state index contributed by atoms with van der Waals surface area (Å²) >= 11 is 1.21. The van der Waals surface area contributed by atoms with Crippen LogP contribution in [-0.4, -0.2) is 27.8 Å². The van der Waals surface area contributed by atoms with Crippen LogP contribution in [0.5, 0.6) is 5.75 Å². The topological polar surface area (TPSA) is 86.4 Å². The number of hydrogen-bond donors (Lipinski definition) is 1. The number of ether oxygens (including phenoxy) is 1. The third-order valence-corrected chi connectivity index (χ3v) is 6.68. The highest BCUT2D eigenvalue weighted by Gasteiger charge is 2.19. The first-order chi connectivity index (χ1) is 17.5. The van der Waals surface area contributed by atoms with Gasteiger partial charge in [0.15, 0.2) is 5.16 Å². The molecule has 3 aromatic carbocycles. The van der Waals surface area contributed by atoms with Crippen LogP contribution in [-0.2, 0) is 11.3 Å². The molecule has 0 bridgehead atoms. The monoisotopic (exact) mass is 499 g/mol. The average molecular weight is 500 g/mol. The van der Waals surface area contributed by atoms with Crippen LogP contribution in [0.15, 0.2) is 87.2 Å². The molecule has 2 aromatic heterocycles. The highest BCUT2D eigenvalue weighted by atomic mass is 32.2. The minimum atomic E-state index is -0.277. The minimum absolute atomic E-state index is 0.0715. The zero-order valence-corrected chi connectivity index (χ0v) is 20.8. The largest absolute Gasteiger partial charge is 0.492 e. The van der Waals surface area contributed by atoms with E-state index in [1.165, 1.54) is 11.8 Å². The van der Waals surface area contributed by atoms with E-state index >= 15 is 0 Å². The zero-order valence-electron chi connectivity index (χ0n) is 20.0. The molecule has 0 aliphatic heterocycles. The number of furan rings is 1. The van der Waals surface area contributed by atoms with Gasteiger partial charge in [-0.15, -0.1) is 0 Å². The van der Waals surface area contributed by atoms with Crippen molar-refractivity contribution in [2.75, 3.05) is 17.7 Å². The van der Waals surface area contributed by atoms with E-state index in [2.05, 4.69) is 5.32 Å². The van der Waals surface area contributed by atoms with Gasteiger partial charge in [-0.2, -0.15) is 0 Å². The molecule has 0 saturated heterocycles. The Balaban J connectivity index is 1.48. The molecule has 182 valence electrons. The molecule has 0 fully saturated rings. The Bertz CT molecular complexity index is 1610. The lowest BCUT2D eigenvalue weighted by atomic mass is 10.1. The van der Waals surface area contributed by atoms with E-state index in [0.29, 0.717) is 40.8 Å². The van der Waals surface area contributed by atoms with Gasteiger partial charge in [0.25, 0.3) is 5.56 Å². The number of anilines is 1. The van der Waals surface area contributed by atoms with Gasteiger partial charge in [-0.25, -0.2) is 4.98 Å². The molecule has 1 N–H and O–H groups in total. The van der Waals surface area contributed by atoms with Gasteiger partial charge in [0.05, 0.1) is 24.6 Å². The summed E-state index contributed by atoms with van der Waals surface area (Å²) in [6.45, 7) is 4.72. The van der Waals surface area contributed by atoms with Gasteiger partial charge in [0.1, 0.15) is 16.8 Å². The van der Waals surface area contributed by atoms with Crippen molar-refractivity contribution in [1.82, 2.24) is 9.55 Å². The van der Waals surface area contributed by atoms with Crippen molar-refractivity contribution in [3.05, 3.63) is 94.3 Å². The van der Waals surface area contributed by atoms with Crippen molar-refractivity contribution in [3.8, 4) is 5.75 Å². The first-order valence-corrected chi connectivity index (χ1v) is 12.6. The number of rotatable bonds is 8. The fourth-order valence-electron chi connectivity index (χ4n) is 3.95. The molecule has 0 atom stereocenters. The first kappa shape index (κ1) is 23.7. The van der Waals surface area contributed by atoms with Crippen molar-refractivity contribution >= 4 is 45.4 Å². The highest BCUT2D eigenvalue weighted by Crippen LogP contribution is 2.28. The lowest BCUT2D eigenvalue weighted by Crippen LogP contribution is -2.24. The van der Waals surface area contributed by atoms with Crippen molar-refractivity contribution in [2.45, 2.75) is 25.5 Å². The Hall–Kier alpha value is -4.04. The van der Waals surface area contributed by atoms with Crippen LogP contribution in [0.25, 0.3) is 22.1 Å². The molecule has 0 spiro atoms. The van der Waals surface area contributed by atoms with Crippen LogP contribution >= 0.6 is 11.8 Å². The number of benzene rings is 3. The summed E-state index contributed by atoms with van der Waals surface area (Å²) in [5.41, 5.74) is 3.73. The molecule has 0 radical (unpaired) electrons. The van der Waals surface area contributed by atoms with E-state index in [0.717, 1.165) is 16.5 Å². The standard InChI is InChI=1S/C28H25N3O4S/c1-3-34-23-11-7-5-9-21(23)29-24(32)17-36-28-30-25-20-8-4-6-10-22(20)35-26(25)27(33)31(28)16-19-14-12-18(2)13-15-19/h4-15H,3,16-17H2,1-2H3,(H,29,32). The second-order valence-electron chi connectivity index (χ2n) is 8.31. The number of carbonyl (C=O) groups excluding carboxylic acids is 1. The van der Waals surface area contributed by atoms with Crippen LogP contribution < -0.4 is 15.6 Å². The van der Waals surface area contributed by atoms with Crippen molar-refractivity contribution < 1.29 is 13.9 Å². The Morgan fingerprint density at radius 2 is 1.81 bits per heavy atom. The molecule has 1 amide bonds. The number of nitrogens with zero attached hydrogens (tertiary/aromatic N) is 2. The summed E-state index contributed by atoms with van der Waals surface area (Å²) in [5, 5.41) is 4.12. The normalized spacial score (nSPS) is 11.2. The SMILES string of the molecule is CCOc1ccccc1NC(=O)CSc1nc2c(oc3ccccc32)c(=O)n1Cc1ccc(C)cc1. The second-order valence-corrected chi connectivity index (χ2v) is 9.26. The quantitative estimate of drug-likeness (QED) is 0.220. The number of nitrogens with one attached hydrogen (secondary N) is 1. The Morgan fingerprint density at radius 1 is 1.06 bits per heavy atom. The van der Waals surface area contributed by atoms with E-state index in [-0.39, 0.29) is 22.8 Å². The first-order valence-electron chi connectivity index (χ1n) is 11.7. The fraction of sp³-hybridized carbons (Fsp3) is 0.179. The van der Waals surface area contributed by atoms with Gasteiger partial charge in [-0.3, -0.25) is 14.2 Å². The number of thioether (sulfide) groups is 1. The number of hydrogen-bond acceptors (Lipinski definition) is 6. The summed E-state index contributed by atoms with van der Waals surface area (Å²) < 4.78 is 13.0. The van der Waals surface area contributed by atoms with Crippen LogP contribution in [0.3, 0.4) is 0 Å². The number of fused-ring (bicyclic) bond motifs is 3. The van der Waals surface area contributed by atoms with Gasteiger partial charge in [-0.05, 0) is 43.7 Å². The van der Waals surface area contributed by atoms with E-state index < -0.39 is 0 Å². The van der Waals surface area contributed by atoms with E-state index in [9.17, 15) is 9.59 Å². The molecule has 7 nitrogen and oxygen atoms in total. The molecule has 8 heteroatoms. The Kier molecular flexibility index (Phi) is 6.77. The number of aromatic nitrogens is 2. The van der Waals surface area contributed by atoms with E-state index in [1.807, 2.05) is 80.6 Å². The van der Waals surface area contributed by atoms with Gasteiger partial charge in [0.2, 0.25) is 11.5 Å². The summed E-state index contributed by atoms with van der Waals surface area (Å²) in [6.07, 6.45) is 0. The number of carbonyl (C=O) groups is 1. The highest BCUT2D eigenvalue weighted by molar-refractivity contribution is 7.99. The Morgan fingerprint density at radius 3 is 2.61 bits per heavy atom. The second kappa shape index (κ2) is 10.3. The number of aryl methyl sites for hydroxylation is 1. The third kappa shape index (κ3) is 4.85. The van der Waals surface area contributed by atoms with Gasteiger partial charge < -0.3 is 14.5 Å². The van der Waals surface area contributed by atoms with Crippen LogP contribution in [0.4, 0.5) is 5.69 Å². The van der Waals surface area contributed by atoms with Crippen LogP contribution in [0.2, 0.25) is 0 Å². The van der Waals surface area contributed by atoms with Crippen molar-refractivity contribution in [3.63, 3.8) is 0 Å². The Labute approximate surface area is 212 Å². The summed E-state index contributed by atoms with van der Waals surface area (Å²) in [6, 6.07) is 22.7. The third-order valence-electron chi connectivity index (χ3n) is 5.70. The minimum Gasteiger partial charge on any atom is -0.492 e. The van der Waals surface area contributed by atoms with Gasteiger partial charge >= 0.3 is 0 Å². The van der Waals surface area contributed by atoms with E-state index in [4.69, 9.17) is 14.1 Å². The molecule has 36 heavy (non-hydrogen) atoms. The molecule has 0 saturated carbocycles. The van der Waals surface area contributed by atoms with E-state index in [1.54, 1.807) is 10.6 Å². The average Bonchev–Trinajstić information content (AvgIpc) is 3.26. The predicted octanol–water partition coefficient (Wildman–Crippen LogP) is 5.63. The fourth-order valence-corrected chi connectivity index (χ4v) is 4.74. The molecule has 2 heterocycles. The molecule has 0 aliphatic carbocycles. The van der Waals surface area contributed by atoms with Crippen LogP contribution in [0, 0.1) is 6.92 Å². The molecule has 5 rings (SSSR count). The summed E-state index contributed by atoms with van der Waals surface area (Å²) in [5.74, 6) is 0.460. The maximum absolute atomic E-state index is 13.5. The predicted molar refractivity (Wildman–Crippen MR) is 143 cm³/mol. The molecular formula is C28H25N3O4S. The number of para-hydroxylation sites is 3. The number of amides is 1. The zero-order chi connectivity index (χ0) is 25.1. The summed E-state index contributed by atoms with van der Waals surface area (Å²) in [7, 11) is 0. The van der Waals surface area contributed by atoms with Crippen molar-refractivity contribution in [2.24, 2.45) is 0 Å². The summed E-state index contributed by atoms with van der Waals surface area (Å²) in [4.78, 5) is 31.2. The lowest BCUT2D eigenvalue weighted by molar-refractivity contribution is -0.113. The molecule has 0 aliphatic rings.